The summed E-state index contributed by atoms with van der Waals surface area (Å²) in [6, 6.07) is 0.848. The van der Waals surface area contributed by atoms with Gasteiger partial charge in [-0.25, -0.2) is 0 Å². The van der Waals surface area contributed by atoms with Crippen LogP contribution in [-0.4, -0.2) is 23.3 Å². The fourth-order valence-electron chi connectivity index (χ4n) is 1.62. The Morgan fingerprint density at radius 1 is 1.47 bits per heavy atom. The van der Waals surface area contributed by atoms with Gasteiger partial charge in [-0.2, -0.15) is 13.2 Å². The van der Waals surface area contributed by atoms with Crippen molar-refractivity contribution in [3.05, 3.63) is 29.6 Å². The maximum Gasteiger partial charge on any atom is 0.416 e. The van der Waals surface area contributed by atoms with E-state index in [0.717, 1.165) is 18.5 Å². The van der Waals surface area contributed by atoms with Gasteiger partial charge in [-0.1, -0.05) is 6.92 Å². The van der Waals surface area contributed by atoms with Gasteiger partial charge >= 0.3 is 6.18 Å². The first-order chi connectivity index (χ1) is 7.91. The molecule has 0 saturated carbocycles. The van der Waals surface area contributed by atoms with Crippen LogP contribution < -0.4 is 0 Å². The van der Waals surface area contributed by atoms with Crippen LogP contribution in [0, 0.1) is 0 Å². The van der Waals surface area contributed by atoms with Gasteiger partial charge in [0, 0.05) is 25.1 Å². The number of aromatic nitrogens is 1. The van der Waals surface area contributed by atoms with Gasteiger partial charge in [0.1, 0.15) is 6.10 Å². The van der Waals surface area contributed by atoms with Crippen LogP contribution in [0.1, 0.15) is 30.6 Å². The normalized spacial score (nSPS) is 15.6. The van der Waals surface area contributed by atoms with Crippen molar-refractivity contribution >= 4 is 0 Å². The van der Waals surface area contributed by atoms with Crippen molar-refractivity contribution in [2.24, 2.45) is 0 Å². The fraction of sp³-hybridized carbons (Fsp3) is 0.545. The summed E-state index contributed by atoms with van der Waals surface area (Å²) in [5.74, 6) is 0. The lowest BCUT2D eigenvalue weighted by Crippen LogP contribution is -2.23. The molecule has 2 unspecified atom stereocenters. The Morgan fingerprint density at radius 2 is 2.12 bits per heavy atom. The third-order valence-corrected chi connectivity index (χ3v) is 2.53. The van der Waals surface area contributed by atoms with Gasteiger partial charge < -0.3 is 9.84 Å². The molecule has 0 radical (unpaired) electrons. The van der Waals surface area contributed by atoms with Gasteiger partial charge in [0.2, 0.25) is 0 Å². The summed E-state index contributed by atoms with van der Waals surface area (Å²) in [4.78, 5) is 3.62. The minimum Gasteiger partial charge on any atom is -0.386 e. The first-order valence-corrected chi connectivity index (χ1v) is 5.13. The fourth-order valence-corrected chi connectivity index (χ4v) is 1.62. The molecule has 3 nitrogen and oxygen atoms in total. The highest BCUT2D eigenvalue weighted by molar-refractivity contribution is 5.28. The maximum absolute atomic E-state index is 12.7. The smallest absolute Gasteiger partial charge is 0.386 e. The van der Waals surface area contributed by atoms with E-state index in [1.54, 1.807) is 6.92 Å². The number of halogens is 3. The molecular weight excluding hydrogens is 235 g/mol. The maximum atomic E-state index is 12.7. The second-order valence-electron chi connectivity index (χ2n) is 3.59. The Kier molecular flexibility index (Phi) is 4.47. The molecule has 2 atom stereocenters. The van der Waals surface area contributed by atoms with Crippen LogP contribution >= 0.6 is 0 Å². The largest absolute Gasteiger partial charge is 0.416 e. The highest BCUT2D eigenvalue weighted by Gasteiger charge is 2.36. The number of aliphatic hydroxyl groups is 1. The molecule has 1 heterocycles. The summed E-state index contributed by atoms with van der Waals surface area (Å²) in [6.45, 7) is 1.72. The molecule has 0 amide bonds. The van der Waals surface area contributed by atoms with Gasteiger partial charge in [-0.3, -0.25) is 4.98 Å². The predicted octanol–water partition coefficient (Wildman–Crippen LogP) is 2.56. The van der Waals surface area contributed by atoms with Gasteiger partial charge in [-0.05, 0) is 12.5 Å². The highest BCUT2D eigenvalue weighted by Crippen LogP contribution is 2.35. The second-order valence-corrected chi connectivity index (χ2v) is 3.59. The zero-order chi connectivity index (χ0) is 13.1. The summed E-state index contributed by atoms with van der Waals surface area (Å²) in [5.41, 5.74) is -1.13. The Hall–Kier alpha value is -1.14. The number of hydrogen-bond acceptors (Lipinski definition) is 3. The topological polar surface area (TPSA) is 42.4 Å². The summed E-state index contributed by atoms with van der Waals surface area (Å²) >= 11 is 0. The Labute approximate surface area is 97.2 Å². The Balaban J connectivity index is 3.13. The molecule has 0 aromatic carbocycles. The molecule has 0 aliphatic heterocycles. The van der Waals surface area contributed by atoms with Gasteiger partial charge in [0.05, 0.1) is 11.7 Å². The quantitative estimate of drug-likeness (QED) is 0.891. The molecule has 0 fully saturated rings. The van der Waals surface area contributed by atoms with Crippen molar-refractivity contribution in [3.63, 3.8) is 0 Å². The van der Waals surface area contributed by atoms with E-state index < -0.39 is 23.9 Å². The highest BCUT2D eigenvalue weighted by atomic mass is 19.4. The molecule has 96 valence electrons. The molecule has 1 rings (SSSR count). The lowest BCUT2D eigenvalue weighted by atomic mass is 9.99. The van der Waals surface area contributed by atoms with Crippen molar-refractivity contribution in [1.29, 1.82) is 0 Å². The molecule has 17 heavy (non-hydrogen) atoms. The van der Waals surface area contributed by atoms with Gasteiger partial charge in [-0.15, -0.1) is 0 Å². The predicted molar refractivity (Wildman–Crippen MR) is 55.3 cm³/mol. The van der Waals surface area contributed by atoms with E-state index >= 15 is 0 Å². The zero-order valence-electron chi connectivity index (χ0n) is 9.53. The van der Waals surface area contributed by atoms with Crippen molar-refractivity contribution < 1.29 is 23.0 Å². The number of pyridine rings is 1. The van der Waals surface area contributed by atoms with E-state index in [0.29, 0.717) is 6.42 Å². The van der Waals surface area contributed by atoms with Crippen LogP contribution in [0.5, 0.6) is 0 Å². The number of hydrogen-bond donors (Lipinski definition) is 1. The minimum absolute atomic E-state index is 0.256. The van der Waals surface area contributed by atoms with E-state index in [1.807, 2.05) is 0 Å². The van der Waals surface area contributed by atoms with Crippen molar-refractivity contribution in [1.82, 2.24) is 4.98 Å². The number of nitrogens with zero attached hydrogens (tertiary/aromatic N) is 1. The van der Waals surface area contributed by atoms with Gasteiger partial charge in [0.15, 0.2) is 0 Å². The lowest BCUT2D eigenvalue weighted by molar-refractivity contribution is -0.140. The number of alkyl halides is 3. The van der Waals surface area contributed by atoms with Gasteiger partial charge in [0.25, 0.3) is 0 Å². The standard InChI is InChI=1S/C11H14F3NO2/c1-3-9(17-2)10(16)7-6-15-5-4-8(7)11(12,13)14/h4-6,9-10,16H,3H2,1-2H3. The summed E-state index contributed by atoms with van der Waals surface area (Å²) in [7, 11) is 1.35. The van der Waals surface area contributed by atoms with E-state index in [-0.39, 0.29) is 5.56 Å². The average molecular weight is 249 g/mol. The van der Waals surface area contributed by atoms with E-state index in [1.165, 1.54) is 7.11 Å². The number of aliphatic hydroxyl groups excluding tert-OH is 1. The zero-order valence-corrected chi connectivity index (χ0v) is 9.53. The third-order valence-electron chi connectivity index (χ3n) is 2.53. The monoisotopic (exact) mass is 249 g/mol. The number of ether oxygens (including phenoxy) is 1. The molecule has 0 saturated heterocycles. The molecular formula is C11H14F3NO2. The Morgan fingerprint density at radius 3 is 2.59 bits per heavy atom. The summed E-state index contributed by atoms with van der Waals surface area (Å²) < 4.78 is 43.0. The van der Waals surface area contributed by atoms with Crippen LogP contribution in [-0.2, 0) is 10.9 Å². The van der Waals surface area contributed by atoms with Crippen LogP contribution in [0.2, 0.25) is 0 Å². The second kappa shape index (κ2) is 5.46. The first kappa shape index (κ1) is 13.9. The molecule has 0 spiro atoms. The lowest BCUT2D eigenvalue weighted by Gasteiger charge is -2.23. The summed E-state index contributed by atoms with van der Waals surface area (Å²) in [6.07, 6.45) is -4.05. The summed E-state index contributed by atoms with van der Waals surface area (Å²) in [5, 5.41) is 9.86. The van der Waals surface area contributed by atoms with E-state index in [4.69, 9.17) is 4.74 Å². The molecule has 0 aliphatic carbocycles. The van der Waals surface area contributed by atoms with E-state index in [2.05, 4.69) is 4.98 Å². The molecule has 1 aromatic heterocycles. The molecule has 1 aromatic rings. The average Bonchev–Trinajstić information content (AvgIpc) is 2.29. The minimum atomic E-state index is -4.51. The number of methoxy groups -OCH3 is 1. The van der Waals surface area contributed by atoms with Crippen LogP contribution in [0.4, 0.5) is 13.2 Å². The van der Waals surface area contributed by atoms with Crippen LogP contribution in [0.25, 0.3) is 0 Å². The molecule has 0 bridgehead atoms. The van der Waals surface area contributed by atoms with Crippen molar-refractivity contribution in [2.75, 3.05) is 7.11 Å². The van der Waals surface area contributed by atoms with Crippen molar-refractivity contribution in [3.8, 4) is 0 Å². The van der Waals surface area contributed by atoms with Crippen molar-refractivity contribution in [2.45, 2.75) is 31.7 Å². The molecule has 1 N–H and O–H groups in total. The Bertz CT molecular complexity index is 364. The van der Waals surface area contributed by atoms with E-state index in [9.17, 15) is 18.3 Å². The molecule has 6 heteroatoms. The SMILES string of the molecule is CCC(OC)C(O)c1cnccc1C(F)(F)F. The first-order valence-electron chi connectivity index (χ1n) is 5.13. The number of rotatable bonds is 4. The molecule has 0 aliphatic rings. The van der Waals surface area contributed by atoms with Crippen LogP contribution in [0.3, 0.4) is 0 Å². The van der Waals surface area contributed by atoms with Crippen LogP contribution in [0.15, 0.2) is 18.5 Å². The third kappa shape index (κ3) is 3.17.